The molecule has 0 unspecified atom stereocenters. The van der Waals surface area contributed by atoms with E-state index in [1.807, 2.05) is 82.3 Å². The number of rotatable bonds is 6. The number of pyridine rings is 1. The first-order chi connectivity index (χ1) is 19.3. The first kappa shape index (κ1) is 26.8. The first-order valence-electron chi connectivity index (χ1n) is 13.1. The number of hydrogen-bond acceptors (Lipinski definition) is 3. The summed E-state index contributed by atoms with van der Waals surface area (Å²) in [5.41, 5.74) is 10.7. The van der Waals surface area contributed by atoms with Crippen molar-refractivity contribution in [3.05, 3.63) is 137 Å². The summed E-state index contributed by atoms with van der Waals surface area (Å²) in [5, 5.41) is 0. The Morgan fingerprint density at radius 2 is 0.900 bits per heavy atom. The minimum atomic E-state index is -0.257. The fourth-order valence-corrected chi connectivity index (χ4v) is 4.69. The first-order valence-corrected chi connectivity index (χ1v) is 13.1. The lowest BCUT2D eigenvalue weighted by atomic mass is 9.99. The van der Waals surface area contributed by atoms with Crippen molar-refractivity contribution in [3.63, 3.8) is 0 Å². The second kappa shape index (κ2) is 11.5. The van der Waals surface area contributed by atoms with Crippen LogP contribution in [0.25, 0.3) is 22.3 Å². The van der Waals surface area contributed by atoms with Crippen molar-refractivity contribution in [3.8, 4) is 22.3 Å². The molecule has 0 atom stereocenters. The van der Waals surface area contributed by atoms with Crippen LogP contribution in [0.5, 0.6) is 0 Å². The predicted octanol–water partition coefficient (Wildman–Crippen LogP) is 9.59. The molecule has 5 rings (SSSR count). The van der Waals surface area contributed by atoms with E-state index < -0.39 is 0 Å². The van der Waals surface area contributed by atoms with Crippen LogP contribution in [0, 0.1) is 25.5 Å². The zero-order chi connectivity index (χ0) is 28.2. The van der Waals surface area contributed by atoms with E-state index in [1.165, 1.54) is 24.3 Å². The van der Waals surface area contributed by atoms with Crippen molar-refractivity contribution in [2.24, 2.45) is 9.98 Å². The topological polar surface area (TPSA) is 37.6 Å². The van der Waals surface area contributed by atoms with Gasteiger partial charge in [0, 0.05) is 0 Å². The third kappa shape index (κ3) is 5.79. The smallest absolute Gasteiger partial charge is 0.123 e. The molecule has 1 aromatic heterocycles. The van der Waals surface area contributed by atoms with Gasteiger partial charge in [-0.05, 0) is 110 Å². The van der Waals surface area contributed by atoms with E-state index in [0.29, 0.717) is 0 Å². The Hall–Kier alpha value is -4.77. The molecule has 5 aromatic rings. The molecule has 0 amide bonds. The molecule has 0 saturated carbocycles. The average molecular weight is 530 g/mol. The Morgan fingerprint density at radius 3 is 1.30 bits per heavy atom. The molecule has 5 heteroatoms. The molecular weight excluding hydrogens is 500 g/mol. The average Bonchev–Trinajstić information content (AvgIpc) is 2.96. The van der Waals surface area contributed by atoms with Crippen LogP contribution in [0.15, 0.2) is 113 Å². The van der Waals surface area contributed by atoms with Gasteiger partial charge in [0.1, 0.15) is 11.6 Å². The highest BCUT2D eigenvalue weighted by molar-refractivity contribution is 6.02. The number of aromatic nitrogens is 1. The molecule has 0 aliphatic rings. The third-order valence-electron chi connectivity index (χ3n) is 6.99. The van der Waals surface area contributed by atoms with E-state index in [4.69, 9.17) is 15.0 Å². The van der Waals surface area contributed by atoms with Gasteiger partial charge in [-0.25, -0.2) is 13.8 Å². The molecule has 198 valence electrons. The van der Waals surface area contributed by atoms with Crippen LogP contribution in [0.3, 0.4) is 0 Å². The molecular formula is C35H29F2N3. The second-order valence-electron chi connectivity index (χ2n) is 9.72. The van der Waals surface area contributed by atoms with Gasteiger partial charge in [-0.1, -0.05) is 54.6 Å². The number of benzene rings is 4. The van der Waals surface area contributed by atoms with E-state index in [2.05, 4.69) is 0 Å². The zero-order valence-corrected chi connectivity index (χ0v) is 22.9. The van der Waals surface area contributed by atoms with Crippen LogP contribution in [0.1, 0.15) is 36.4 Å². The summed E-state index contributed by atoms with van der Waals surface area (Å²) in [5.74, 6) is -0.515. The van der Waals surface area contributed by atoms with Gasteiger partial charge in [0.05, 0.1) is 34.2 Å². The van der Waals surface area contributed by atoms with Gasteiger partial charge in [0.15, 0.2) is 0 Å². The van der Waals surface area contributed by atoms with Crippen LogP contribution < -0.4 is 0 Å². The van der Waals surface area contributed by atoms with E-state index in [1.54, 1.807) is 24.3 Å². The third-order valence-corrected chi connectivity index (χ3v) is 6.99. The predicted molar refractivity (Wildman–Crippen MR) is 161 cm³/mol. The lowest BCUT2D eigenvalue weighted by Crippen LogP contribution is -2.05. The van der Waals surface area contributed by atoms with Crippen LogP contribution in [-0.4, -0.2) is 16.4 Å². The molecule has 40 heavy (non-hydrogen) atoms. The van der Waals surface area contributed by atoms with Crippen molar-refractivity contribution >= 4 is 22.8 Å². The van der Waals surface area contributed by atoms with E-state index in [0.717, 1.165) is 67.6 Å². The van der Waals surface area contributed by atoms with Crippen molar-refractivity contribution in [1.82, 2.24) is 4.98 Å². The standard InChI is InChI=1S/C35H29F2N3/c1-22-30(26-14-18-28(36)19-15-26)8-5-10-32(22)38-24(3)34-12-7-13-35(40-34)25(4)39-33-11-6-9-31(23(33)2)27-16-20-29(37)21-17-27/h5-21H,1-4H3/b38-24+,39-25+. The molecule has 0 fully saturated rings. The Bertz CT molecular complexity index is 1610. The highest BCUT2D eigenvalue weighted by Gasteiger charge is 2.10. The summed E-state index contributed by atoms with van der Waals surface area (Å²) < 4.78 is 26.8. The highest BCUT2D eigenvalue weighted by Crippen LogP contribution is 2.32. The summed E-state index contributed by atoms with van der Waals surface area (Å²) >= 11 is 0. The van der Waals surface area contributed by atoms with Gasteiger partial charge >= 0.3 is 0 Å². The van der Waals surface area contributed by atoms with Crippen molar-refractivity contribution in [1.29, 1.82) is 0 Å². The van der Waals surface area contributed by atoms with Gasteiger partial charge < -0.3 is 0 Å². The number of aliphatic imine (C=N–C) groups is 2. The maximum absolute atomic E-state index is 13.4. The van der Waals surface area contributed by atoms with E-state index >= 15 is 0 Å². The molecule has 0 N–H and O–H groups in total. The van der Waals surface area contributed by atoms with Gasteiger partial charge in [0.2, 0.25) is 0 Å². The number of halogens is 2. The van der Waals surface area contributed by atoms with E-state index in [-0.39, 0.29) is 11.6 Å². The van der Waals surface area contributed by atoms with Gasteiger partial charge in [-0.15, -0.1) is 0 Å². The molecule has 0 aliphatic carbocycles. The summed E-state index contributed by atoms with van der Waals surface area (Å²) in [7, 11) is 0. The molecule has 0 radical (unpaired) electrons. The minimum absolute atomic E-state index is 0.257. The SMILES string of the molecule is C/C(=N\c1cccc(-c2ccc(F)cc2)c1C)c1cccc(/C(C)=N/c2cccc(-c3ccc(F)cc3)c2C)n1. The Kier molecular flexibility index (Phi) is 7.74. The minimum Gasteiger partial charge on any atom is -0.251 e. The number of nitrogens with zero attached hydrogens (tertiary/aromatic N) is 3. The monoisotopic (exact) mass is 529 g/mol. The zero-order valence-electron chi connectivity index (χ0n) is 22.9. The van der Waals surface area contributed by atoms with Crippen LogP contribution in [0.2, 0.25) is 0 Å². The van der Waals surface area contributed by atoms with E-state index in [9.17, 15) is 8.78 Å². The largest absolute Gasteiger partial charge is 0.251 e. The quantitative estimate of drug-likeness (QED) is 0.202. The Morgan fingerprint density at radius 1 is 0.525 bits per heavy atom. The van der Waals surface area contributed by atoms with Crippen LogP contribution in [-0.2, 0) is 0 Å². The second-order valence-corrected chi connectivity index (χ2v) is 9.72. The maximum Gasteiger partial charge on any atom is 0.123 e. The molecule has 0 spiro atoms. The number of hydrogen-bond donors (Lipinski definition) is 0. The summed E-state index contributed by atoms with van der Waals surface area (Å²) in [6.45, 7) is 7.93. The summed E-state index contributed by atoms with van der Waals surface area (Å²) in [4.78, 5) is 14.7. The molecule has 0 bridgehead atoms. The lowest BCUT2D eigenvalue weighted by molar-refractivity contribution is 0.627. The van der Waals surface area contributed by atoms with Gasteiger partial charge in [-0.3, -0.25) is 9.98 Å². The van der Waals surface area contributed by atoms with Crippen molar-refractivity contribution in [2.45, 2.75) is 27.7 Å². The van der Waals surface area contributed by atoms with Crippen LogP contribution in [0.4, 0.5) is 20.2 Å². The molecule has 3 nitrogen and oxygen atoms in total. The summed E-state index contributed by atoms with van der Waals surface area (Å²) in [6, 6.07) is 30.7. The highest BCUT2D eigenvalue weighted by atomic mass is 19.1. The normalized spacial score (nSPS) is 12.1. The molecule has 0 saturated heterocycles. The Labute approximate surface area is 233 Å². The van der Waals surface area contributed by atoms with Crippen LogP contribution >= 0.6 is 0 Å². The van der Waals surface area contributed by atoms with Crippen molar-refractivity contribution < 1.29 is 8.78 Å². The molecule has 1 heterocycles. The fourth-order valence-electron chi connectivity index (χ4n) is 4.69. The maximum atomic E-state index is 13.4. The van der Waals surface area contributed by atoms with Gasteiger partial charge in [0.25, 0.3) is 0 Å². The van der Waals surface area contributed by atoms with Crippen molar-refractivity contribution in [2.75, 3.05) is 0 Å². The Balaban J connectivity index is 1.44. The fraction of sp³-hybridized carbons (Fsp3) is 0.114. The lowest BCUT2D eigenvalue weighted by Gasteiger charge is -2.11. The molecule has 0 aliphatic heterocycles. The summed E-state index contributed by atoms with van der Waals surface area (Å²) in [6.07, 6.45) is 0. The molecule has 4 aromatic carbocycles. The van der Waals surface area contributed by atoms with Gasteiger partial charge in [-0.2, -0.15) is 0 Å².